The van der Waals surface area contributed by atoms with Crippen molar-refractivity contribution in [1.82, 2.24) is 0 Å². The first kappa shape index (κ1) is 13.9. The van der Waals surface area contributed by atoms with Gasteiger partial charge in [-0.3, -0.25) is 0 Å². The summed E-state index contributed by atoms with van der Waals surface area (Å²) in [4.78, 5) is 21.6. The summed E-state index contributed by atoms with van der Waals surface area (Å²) < 4.78 is 15.5. The van der Waals surface area contributed by atoms with E-state index in [4.69, 9.17) is 19.3 Å². The first-order valence-electron chi connectivity index (χ1n) is 6.05. The van der Waals surface area contributed by atoms with E-state index < -0.39 is 11.9 Å². The molecule has 1 aromatic carbocycles. The quantitative estimate of drug-likeness (QED) is 0.649. The van der Waals surface area contributed by atoms with E-state index in [1.54, 1.807) is 13.0 Å². The van der Waals surface area contributed by atoms with E-state index in [2.05, 4.69) is 0 Å². The molecular weight excluding hydrogens is 264 g/mol. The molecule has 6 nitrogen and oxygen atoms in total. The molecule has 1 heterocycles. The number of esters is 1. The fraction of sp³-hybridized carbons (Fsp3) is 0.286. The van der Waals surface area contributed by atoms with Crippen LogP contribution in [0.15, 0.2) is 30.4 Å². The second-order valence-electron chi connectivity index (χ2n) is 4.31. The SMILES string of the molecule is C[C@H](Cc1ccc2c(c1)OCO2)OC(=O)/C=C\C(=O)O. The van der Waals surface area contributed by atoms with E-state index in [0.29, 0.717) is 17.9 Å². The molecule has 0 spiro atoms. The third-order valence-electron chi connectivity index (χ3n) is 2.64. The van der Waals surface area contributed by atoms with Gasteiger partial charge in [0.2, 0.25) is 6.79 Å². The van der Waals surface area contributed by atoms with Crippen molar-refractivity contribution in [2.45, 2.75) is 19.4 Å². The number of carboxylic acids is 1. The Morgan fingerprint density at radius 3 is 2.85 bits per heavy atom. The first-order valence-corrected chi connectivity index (χ1v) is 6.05. The number of benzene rings is 1. The Kier molecular flexibility index (Phi) is 4.24. The maximum absolute atomic E-state index is 11.3. The normalized spacial score (nSPS) is 14.2. The number of carbonyl (C=O) groups is 2. The zero-order valence-electron chi connectivity index (χ0n) is 10.9. The van der Waals surface area contributed by atoms with E-state index in [-0.39, 0.29) is 12.9 Å². The van der Waals surface area contributed by atoms with Crippen LogP contribution in [0.25, 0.3) is 0 Å². The van der Waals surface area contributed by atoms with Crippen LogP contribution in [0, 0.1) is 0 Å². The largest absolute Gasteiger partial charge is 0.478 e. The number of hydrogen-bond donors (Lipinski definition) is 1. The van der Waals surface area contributed by atoms with Crippen LogP contribution in [-0.4, -0.2) is 29.9 Å². The first-order chi connectivity index (χ1) is 9.54. The van der Waals surface area contributed by atoms with Crippen molar-refractivity contribution >= 4 is 11.9 Å². The molecule has 1 aliphatic rings. The van der Waals surface area contributed by atoms with Gasteiger partial charge in [0.15, 0.2) is 11.5 Å². The fourth-order valence-corrected chi connectivity index (χ4v) is 1.82. The van der Waals surface area contributed by atoms with Crippen LogP contribution in [0.3, 0.4) is 0 Å². The van der Waals surface area contributed by atoms with Crippen molar-refractivity contribution < 1.29 is 28.9 Å². The number of carbonyl (C=O) groups excluding carboxylic acids is 1. The molecule has 0 amide bonds. The lowest BCUT2D eigenvalue weighted by molar-refractivity contribution is -0.142. The van der Waals surface area contributed by atoms with Gasteiger partial charge in [-0.1, -0.05) is 6.07 Å². The van der Waals surface area contributed by atoms with E-state index in [9.17, 15) is 9.59 Å². The highest BCUT2D eigenvalue weighted by atomic mass is 16.7. The Morgan fingerprint density at radius 1 is 1.35 bits per heavy atom. The van der Waals surface area contributed by atoms with Crippen LogP contribution in [-0.2, 0) is 20.7 Å². The van der Waals surface area contributed by atoms with Crippen LogP contribution < -0.4 is 9.47 Å². The average molecular weight is 278 g/mol. The third kappa shape index (κ3) is 3.74. The maximum Gasteiger partial charge on any atom is 0.331 e. The zero-order chi connectivity index (χ0) is 14.5. The van der Waals surface area contributed by atoms with Gasteiger partial charge in [-0.25, -0.2) is 9.59 Å². The van der Waals surface area contributed by atoms with Gasteiger partial charge in [-0.2, -0.15) is 0 Å². The molecule has 20 heavy (non-hydrogen) atoms. The summed E-state index contributed by atoms with van der Waals surface area (Å²) in [6.07, 6.45) is 1.76. The molecule has 0 bridgehead atoms. The van der Waals surface area contributed by atoms with Gasteiger partial charge in [0.25, 0.3) is 0 Å². The second-order valence-corrected chi connectivity index (χ2v) is 4.31. The summed E-state index contributed by atoms with van der Waals surface area (Å²) in [5.41, 5.74) is 0.941. The summed E-state index contributed by atoms with van der Waals surface area (Å²) in [6, 6.07) is 5.50. The minimum Gasteiger partial charge on any atom is -0.478 e. The predicted molar refractivity (Wildman–Crippen MR) is 68.6 cm³/mol. The Hall–Kier alpha value is -2.50. The van der Waals surface area contributed by atoms with Crippen LogP contribution in [0.1, 0.15) is 12.5 Å². The molecule has 0 fully saturated rings. The van der Waals surface area contributed by atoms with Gasteiger partial charge in [-0.15, -0.1) is 0 Å². The lowest BCUT2D eigenvalue weighted by atomic mass is 10.1. The maximum atomic E-state index is 11.3. The topological polar surface area (TPSA) is 82.1 Å². The van der Waals surface area contributed by atoms with E-state index in [1.165, 1.54) is 0 Å². The number of aliphatic carboxylic acids is 1. The molecule has 1 atom stereocenters. The Morgan fingerprint density at radius 2 is 2.10 bits per heavy atom. The summed E-state index contributed by atoms with van der Waals surface area (Å²) >= 11 is 0. The molecule has 0 saturated carbocycles. The average Bonchev–Trinajstić information content (AvgIpc) is 2.83. The molecule has 1 aliphatic heterocycles. The lowest BCUT2D eigenvalue weighted by Gasteiger charge is -2.12. The Labute approximate surface area is 115 Å². The van der Waals surface area contributed by atoms with Crippen molar-refractivity contribution in [2.24, 2.45) is 0 Å². The molecule has 1 N–H and O–H groups in total. The number of ether oxygens (including phenoxy) is 3. The van der Waals surface area contributed by atoms with Gasteiger partial charge >= 0.3 is 11.9 Å². The van der Waals surface area contributed by atoms with Crippen LogP contribution >= 0.6 is 0 Å². The molecule has 0 aromatic heterocycles. The van der Waals surface area contributed by atoms with Gasteiger partial charge < -0.3 is 19.3 Å². The minimum absolute atomic E-state index is 0.212. The molecule has 1 aromatic rings. The lowest BCUT2D eigenvalue weighted by Crippen LogP contribution is -2.16. The Balaban J connectivity index is 1.89. The Bertz CT molecular complexity index is 549. The molecule has 106 valence electrons. The van der Waals surface area contributed by atoms with E-state index in [1.807, 2.05) is 12.1 Å². The highest BCUT2D eigenvalue weighted by Gasteiger charge is 2.15. The highest BCUT2D eigenvalue weighted by molar-refractivity contribution is 5.90. The summed E-state index contributed by atoms with van der Waals surface area (Å²) in [6.45, 7) is 1.94. The van der Waals surface area contributed by atoms with Crippen molar-refractivity contribution in [1.29, 1.82) is 0 Å². The molecule has 0 saturated heterocycles. The summed E-state index contributed by atoms with van der Waals surface area (Å²) in [7, 11) is 0. The van der Waals surface area contributed by atoms with Crippen molar-refractivity contribution in [3.63, 3.8) is 0 Å². The van der Waals surface area contributed by atoms with E-state index in [0.717, 1.165) is 17.7 Å². The molecule has 6 heteroatoms. The second kappa shape index (κ2) is 6.10. The minimum atomic E-state index is -1.19. The smallest absolute Gasteiger partial charge is 0.331 e. The van der Waals surface area contributed by atoms with Crippen LogP contribution in [0.5, 0.6) is 11.5 Å². The molecular formula is C14H14O6. The van der Waals surface area contributed by atoms with Gasteiger partial charge in [-0.05, 0) is 24.6 Å². The fourth-order valence-electron chi connectivity index (χ4n) is 1.82. The zero-order valence-corrected chi connectivity index (χ0v) is 10.9. The predicted octanol–water partition coefficient (Wildman–Crippen LogP) is 1.53. The number of fused-ring (bicyclic) bond motifs is 1. The van der Waals surface area contributed by atoms with Gasteiger partial charge in [0.05, 0.1) is 0 Å². The summed E-state index contributed by atoms with van der Waals surface area (Å²) in [5, 5.41) is 8.40. The van der Waals surface area contributed by atoms with E-state index >= 15 is 0 Å². The van der Waals surface area contributed by atoms with Crippen molar-refractivity contribution in [3.8, 4) is 11.5 Å². The van der Waals surface area contributed by atoms with Crippen molar-refractivity contribution in [2.75, 3.05) is 6.79 Å². The van der Waals surface area contributed by atoms with Crippen LogP contribution in [0.4, 0.5) is 0 Å². The third-order valence-corrected chi connectivity index (χ3v) is 2.64. The molecule has 0 aliphatic carbocycles. The van der Waals surface area contributed by atoms with Gasteiger partial charge in [0, 0.05) is 18.6 Å². The van der Waals surface area contributed by atoms with Crippen LogP contribution in [0.2, 0.25) is 0 Å². The standard InChI is InChI=1S/C14H14O6/c1-9(20-14(17)5-4-13(15)16)6-10-2-3-11-12(7-10)19-8-18-11/h2-5,7,9H,6,8H2,1H3,(H,15,16)/b5-4-/t9-/m1/s1. The summed E-state index contributed by atoms with van der Waals surface area (Å²) in [5.74, 6) is -0.499. The molecule has 0 unspecified atom stereocenters. The number of hydrogen-bond acceptors (Lipinski definition) is 5. The monoisotopic (exact) mass is 278 g/mol. The molecule has 2 rings (SSSR count). The van der Waals surface area contributed by atoms with Crippen molar-refractivity contribution in [3.05, 3.63) is 35.9 Å². The number of rotatable bonds is 5. The molecule has 0 radical (unpaired) electrons. The highest BCUT2D eigenvalue weighted by Crippen LogP contribution is 2.32. The number of carboxylic acid groups (broad SMARTS) is 1. The van der Waals surface area contributed by atoms with Gasteiger partial charge in [0.1, 0.15) is 6.10 Å².